The summed E-state index contributed by atoms with van der Waals surface area (Å²) in [6.45, 7) is 5.20. The first-order valence-corrected chi connectivity index (χ1v) is 7.61. The van der Waals surface area contributed by atoms with Crippen LogP contribution >= 0.6 is 0 Å². The molecule has 0 N–H and O–H groups in total. The van der Waals surface area contributed by atoms with Crippen molar-refractivity contribution in [2.24, 2.45) is 0 Å². The Morgan fingerprint density at radius 3 is 2.76 bits per heavy atom. The number of hydrogen-bond acceptors (Lipinski definition) is 3. The lowest BCUT2D eigenvalue weighted by atomic mass is 10.1. The number of carbonyl (C=O) groups excluding carboxylic acids is 1. The molecular weight excluding hydrogens is 262 g/mol. The van der Waals surface area contributed by atoms with E-state index in [1.54, 1.807) is 12.1 Å². The van der Waals surface area contributed by atoms with Gasteiger partial charge >= 0.3 is 0 Å². The van der Waals surface area contributed by atoms with Gasteiger partial charge < -0.3 is 4.90 Å². The molecule has 1 aliphatic heterocycles. The van der Waals surface area contributed by atoms with E-state index < -0.39 is 0 Å². The number of likely N-dealkylation sites (tertiary alicyclic amines) is 1. The van der Waals surface area contributed by atoms with Crippen molar-refractivity contribution in [3.05, 3.63) is 35.4 Å². The van der Waals surface area contributed by atoms with Crippen molar-refractivity contribution in [2.75, 3.05) is 26.7 Å². The number of amides is 1. The first-order chi connectivity index (χ1) is 10.1. The molecule has 0 aromatic heterocycles. The third-order valence-corrected chi connectivity index (χ3v) is 4.25. The molecule has 1 heterocycles. The van der Waals surface area contributed by atoms with Gasteiger partial charge in [0.05, 0.1) is 18.1 Å². The molecule has 1 aromatic carbocycles. The minimum Gasteiger partial charge on any atom is -0.344 e. The highest BCUT2D eigenvalue weighted by Gasteiger charge is 2.25. The molecule has 2 rings (SSSR count). The SMILES string of the molecule is CCN1CCCC1CN(C)C(=O)Cc1ccc(C#N)cc1. The van der Waals surface area contributed by atoms with Gasteiger partial charge in [0.2, 0.25) is 5.91 Å². The van der Waals surface area contributed by atoms with Gasteiger partial charge in [0.1, 0.15) is 0 Å². The van der Waals surface area contributed by atoms with Gasteiger partial charge in [-0.1, -0.05) is 19.1 Å². The Morgan fingerprint density at radius 1 is 1.43 bits per heavy atom. The number of nitriles is 1. The maximum absolute atomic E-state index is 12.3. The molecule has 0 bridgehead atoms. The molecule has 0 saturated carbocycles. The molecular formula is C17H23N3O. The summed E-state index contributed by atoms with van der Waals surface area (Å²) in [6, 6.07) is 9.84. The van der Waals surface area contributed by atoms with Crippen LogP contribution in [0.2, 0.25) is 0 Å². The average molecular weight is 285 g/mol. The van der Waals surface area contributed by atoms with Crippen LogP contribution in [0.1, 0.15) is 30.9 Å². The van der Waals surface area contributed by atoms with Crippen LogP contribution in [-0.4, -0.2) is 48.4 Å². The highest BCUT2D eigenvalue weighted by atomic mass is 16.2. The van der Waals surface area contributed by atoms with Gasteiger partial charge in [-0.05, 0) is 43.6 Å². The smallest absolute Gasteiger partial charge is 0.226 e. The molecule has 0 radical (unpaired) electrons. The van der Waals surface area contributed by atoms with E-state index in [1.165, 1.54) is 12.8 Å². The van der Waals surface area contributed by atoms with Crippen molar-refractivity contribution < 1.29 is 4.79 Å². The monoisotopic (exact) mass is 285 g/mol. The quantitative estimate of drug-likeness (QED) is 0.832. The highest BCUT2D eigenvalue weighted by Crippen LogP contribution is 2.17. The van der Waals surface area contributed by atoms with Crippen LogP contribution < -0.4 is 0 Å². The molecule has 1 saturated heterocycles. The summed E-state index contributed by atoms with van der Waals surface area (Å²) < 4.78 is 0. The maximum Gasteiger partial charge on any atom is 0.226 e. The van der Waals surface area contributed by atoms with E-state index in [2.05, 4.69) is 17.9 Å². The number of rotatable bonds is 5. The Balaban J connectivity index is 1.88. The van der Waals surface area contributed by atoms with Crippen molar-refractivity contribution in [3.63, 3.8) is 0 Å². The largest absolute Gasteiger partial charge is 0.344 e. The molecule has 1 amide bonds. The molecule has 1 aromatic rings. The summed E-state index contributed by atoms with van der Waals surface area (Å²) in [5, 5.41) is 8.78. The molecule has 1 fully saturated rings. The van der Waals surface area contributed by atoms with Crippen molar-refractivity contribution in [2.45, 2.75) is 32.2 Å². The van der Waals surface area contributed by atoms with Crippen LogP contribution in [0.25, 0.3) is 0 Å². The minimum atomic E-state index is 0.141. The van der Waals surface area contributed by atoms with Crippen LogP contribution in [0.15, 0.2) is 24.3 Å². The number of nitrogens with zero attached hydrogens (tertiary/aromatic N) is 3. The molecule has 1 unspecified atom stereocenters. The van der Waals surface area contributed by atoms with Gasteiger partial charge in [-0.3, -0.25) is 9.69 Å². The van der Waals surface area contributed by atoms with Gasteiger partial charge in [-0.2, -0.15) is 5.26 Å². The fourth-order valence-corrected chi connectivity index (χ4v) is 2.94. The summed E-state index contributed by atoms with van der Waals surface area (Å²) in [6.07, 6.45) is 2.82. The topological polar surface area (TPSA) is 47.3 Å². The van der Waals surface area contributed by atoms with E-state index in [-0.39, 0.29) is 5.91 Å². The number of benzene rings is 1. The van der Waals surface area contributed by atoms with E-state index in [4.69, 9.17) is 5.26 Å². The highest BCUT2D eigenvalue weighted by molar-refractivity contribution is 5.78. The Kier molecular flexibility index (Phi) is 5.35. The lowest BCUT2D eigenvalue weighted by Crippen LogP contribution is -2.41. The summed E-state index contributed by atoms with van der Waals surface area (Å²) in [5.41, 5.74) is 1.59. The Bertz CT molecular complexity index is 518. The van der Waals surface area contributed by atoms with Crippen LogP contribution in [0.5, 0.6) is 0 Å². The van der Waals surface area contributed by atoms with Crippen molar-refractivity contribution in [3.8, 4) is 6.07 Å². The zero-order valence-corrected chi connectivity index (χ0v) is 12.9. The molecule has 1 aliphatic rings. The maximum atomic E-state index is 12.3. The number of hydrogen-bond donors (Lipinski definition) is 0. The summed E-state index contributed by atoms with van der Waals surface area (Å²) >= 11 is 0. The lowest BCUT2D eigenvalue weighted by molar-refractivity contribution is -0.129. The summed E-state index contributed by atoms with van der Waals surface area (Å²) in [4.78, 5) is 16.6. The van der Waals surface area contributed by atoms with E-state index >= 15 is 0 Å². The Morgan fingerprint density at radius 2 is 2.14 bits per heavy atom. The van der Waals surface area contributed by atoms with E-state index in [0.717, 1.165) is 25.2 Å². The van der Waals surface area contributed by atoms with Gasteiger partial charge in [0, 0.05) is 19.6 Å². The van der Waals surface area contributed by atoms with Crippen molar-refractivity contribution in [1.29, 1.82) is 5.26 Å². The van der Waals surface area contributed by atoms with E-state index in [9.17, 15) is 4.79 Å². The molecule has 4 heteroatoms. The van der Waals surface area contributed by atoms with E-state index in [0.29, 0.717) is 18.0 Å². The van der Waals surface area contributed by atoms with Crippen LogP contribution in [0, 0.1) is 11.3 Å². The van der Waals surface area contributed by atoms with Crippen LogP contribution in [0.4, 0.5) is 0 Å². The molecule has 112 valence electrons. The summed E-state index contributed by atoms with van der Waals surface area (Å²) in [5.74, 6) is 0.141. The fourth-order valence-electron chi connectivity index (χ4n) is 2.94. The van der Waals surface area contributed by atoms with Gasteiger partial charge in [0.15, 0.2) is 0 Å². The second-order valence-electron chi connectivity index (χ2n) is 5.68. The van der Waals surface area contributed by atoms with Gasteiger partial charge in [-0.15, -0.1) is 0 Å². The summed E-state index contributed by atoms with van der Waals surface area (Å²) in [7, 11) is 1.89. The van der Waals surface area contributed by atoms with Gasteiger partial charge in [-0.25, -0.2) is 0 Å². The van der Waals surface area contributed by atoms with Crippen LogP contribution in [0.3, 0.4) is 0 Å². The Labute approximate surface area is 127 Å². The zero-order valence-electron chi connectivity index (χ0n) is 12.9. The normalized spacial score (nSPS) is 18.4. The number of carbonyl (C=O) groups is 1. The fraction of sp³-hybridized carbons (Fsp3) is 0.529. The third-order valence-electron chi connectivity index (χ3n) is 4.25. The third kappa shape index (κ3) is 4.05. The molecule has 4 nitrogen and oxygen atoms in total. The van der Waals surface area contributed by atoms with E-state index in [1.807, 2.05) is 24.1 Å². The molecule has 1 atom stereocenters. The standard InChI is InChI=1S/C17H23N3O/c1-3-20-10-4-5-16(20)13-19(2)17(21)11-14-6-8-15(12-18)9-7-14/h6-9,16H,3-5,10-11,13H2,1-2H3. The number of likely N-dealkylation sites (N-methyl/N-ethyl adjacent to an activating group) is 2. The predicted molar refractivity (Wildman–Crippen MR) is 82.8 cm³/mol. The Hall–Kier alpha value is -1.86. The lowest BCUT2D eigenvalue weighted by Gasteiger charge is -2.27. The van der Waals surface area contributed by atoms with Crippen molar-refractivity contribution >= 4 is 5.91 Å². The molecule has 0 aliphatic carbocycles. The van der Waals surface area contributed by atoms with Gasteiger partial charge in [0.25, 0.3) is 0 Å². The predicted octanol–water partition coefficient (Wildman–Crippen LogP) is 2.04. The first kappa shape index (κ1) is 15.5. The zero-order chi connectivity index (χ0) is 15.2. The minimum absolute atomic E-state index is 0.141. The van der Waals surface area contributed by atoms with Crippen LogP contribution in [-0.2, 0) is 11.2 Å². The second-order valence-corrected chi connectivity index (χ2v) is 5.68. The second kappa shape index (κ2) is 7.24. The molecule has 0 spiro atoms. The molecule has 21 heavy (non-hydrogen) atoms. The first-order valence-electron chi connectivity index (χ1n) is 7.61. The average Bonchev–Trinajstić information content (AvgIpc) is 2.95. The van der Waals surface area contributed by atoms with Crippen molar-refractivity contribution in [1.82, 2.24) is 9.80 Å².